The van der Waals surface area contributed by atoms with Crippen LogP contribution in [0.5, 0.6) is 0 Å². The van der Waals surface area contributed by atoms with E-state index in [1.54, 1.807) is 6.92 Å². The van der Waals surface area contributed by atoms with Crippen LogP contribution in [0.1, 0.15) is 44.5 Å². The minimum atomic E-state index is -0.877. The predicted octanol–water partition coefficient (Wildman–Crippen LogP) is 2.52. The van der Waals surface area contributed by atoms with E-state index in [-0.39, 0.29) is 24.3 Å². The van der Waals surface area contributed by atoms with Crippen LogP contribution in [-0.4, -0.2) is 32.5 Å². The second kappa shape index (κ2) is 6.66. The number of benzene rings is 1. The summed E-state index contributed by atoms with van der Waals surface area (Å²) in [6.07, 6.45) is 1.12. The number of aromatic nitrogens is 2. The summed E-state index contributed by atoms with van der Waals surface area (Å²) in [7, 11) is 0. The van der Waals surface area contributed by atoms with Crippen molar-refractivity contribution in [3.8, 4) is 0 Å². The zero-order valence-electron chi connectivity index (χ0n) is 14.7. The van der Waals surface area contributed by atoms with Gasteiger partial charge in [0, 0.05) is 6.42 Å². The van der Waals surface area contributed by atoms with Crippen LogP contribution >= 0.6 is 0 Å². The number of carbonyl (C=O) groups excluding carboxylic acids is 2. The number of rotatable bonds is 6. The third-order valence-corrected chi connectivity index (χ3v) is 4.17. The minimum Gasteiger partial charge on any atom is -0.337 e. The van der Waals surface area contributed by atoms with Gasteiger partial charge in [-0.25, -0.2) is 4.79 Å². The first-order valence-corrected chi connectivity index (χ1v) is 8.37. The van der Waals surface area contributed by atoms with Crippen molar-refractivity contribution in [2.45, 2.75) is 45.7 Å². The lowest BCUT2D eigenvalue weighted by molar-refractivity contribution is -0.131. The average molecular weight is 342 g/mol. The molecule has 1 aliphatic heterocycles. The van der Waals surface area contributed by atoms with Crippen molar-refractivity contribution in [2.75, 3.05) is 0 Å². The van der Waals surface area contributed by atoms with E-state index in [1.807, 2.05) is 44.2 Å². The first-order chi connectivity index (χ1) is 11.9. The maximum atomic E-state index is 12.6. The molecule has 25 heavy (non-hydrogen) atoms. The molecule has 0 radical (unpaired) electrons. The molecule has 1 N–H and O–H groups in total. The number of imide groups is 1. The van der Waals surface area contributed by atoms with E-state index in [2.05, 4.69) is 15.5 Å². The Morgan fingerprint density at radius 1 is 1.24 bits per heavy atom. The van der Waals surface area contributed by atoms with E-state index in [4.69, 9.17) is 4.52 Å². The van der Waals surface area contributed by atoms with Gasteiger partial charge in [0.1, 0.15) is 12.1 Å². The van der Waals surface area contributed by atoms with E-state index < -0.39 is 11.6 Å². The van der Waals surface area contributed by atoms with Gasteiger partial charge >= 0.3 is 6.03 Å². The van der Waals surface area contributed by atoms with Gasteiger partial charge in [-0.2, -0.15) is 4.98 Å². The molecule has 1 aromatic heterocycles. The molecule has 0 aliphatic carbocycles. The van der Waals surface area contributed by atoms with Crippen LogP contribution in [0.3, 0.4) is 0 Å². The van der Waals surface area contributed by atoms with Crippen LogP contribution in [0, 0.1) is 5.92 Å². The maximum Gasteiger partial charge on any atom is 0.325 e. The van der Waals surface area contributed by atoms with Crippen molar-refractivity contribution in [2.24, 2.45) is 5.92 Å². The number of nitrogens with one attached hydrogen (secondary N) is 1. The molecule has 0 spiro atoms. The normalized spacial score (nSPS) is 20.4. The molecule has 0 bridgehead atoms. The average Bonchev–Trinajstić information content (AvgIpc) is 3.06. The van der Waals surface area contributed by atoms with Gasteiger partial charge in [0.15, 0.2) is 5.82 Å². The Hall–Kier alpha value is -2.70. The Morgan fingerprint density at radius 2 is 1.96 bits per heavy atom. The molecule has 1 fully saturated rings. The van der Waals surface area contributed by atoms with Crippen LogP contribution in [0.4, 0.5) is 4.79 Å². The van der Waals surface area contributed by atoms with Crippen molar-refractivity contribution in [3.05, 3.63) is 47.6 Å². The number of hydrogen-bond donors (Lipinski definition) is 1. The molecule has 1 unspecified atom stereocenters. The molecule has 1 saturated heterocycles. The largest absolute Gasteiger partial charge is 0.337 e. The Bertz CT molecular complexity index is 772. The monoisotopic (exact) mass is 342 g/mol. The molecular formula is C18H22N4O3. The molecule has 7 nitrogen and oxygen atoms in total. The Morgan fingerprint density at radius 3 is 2.64 bits per heavy atom. The number of nitrogens with zero attached hydrogens (tertiary/aromatic N) is 3. The van der Waals surface area contributed by atoms with Gasteiger partial charge in [-0.1, -0.05) is 49.3 Å². The third kappa shape index (κ3) is 3.70. The zero-order valence-corrected chi connectivity index (χ0v) is 14.7. The Labute approximate surface area is 146 Å². The van der Waals surface area contributed by atoms with Crippen molar-refractivity contribution in [1.29, 1.82) is 0 Å². The van der Waals surface area contributed by atoms with Crippen LogP contribution < -0.4 is 5.32 Å². The molecule has 0 saturated carbocycles. The second-order valence-electron chi connectivity index (χ2n) is 7.02. The summed E-state index contributed by atoms with van der Waals surface area (Å²) < 4.78 is 5.21. The van der Waals surface area contributed by atoms with Crippen LogP contribution in [0.2, 0.25) is 0 Å². The maximum absolute atomic E-state index is 12.6. The van der Waals surface area contributed by atoms with Gasteiger partial charge < -0.3 is 9.84 Å². The highest BCUT2D eigenvalue weighted by Gasteiger charge is 2.48. The van der Waals surface area contributed by atoms with Gasteiger partial charge in [-0.05, 0) is 24.8 Å². The Kier molecular flexibility index (Phi) is 4.57. The molecule has 2 heterocycles. The van der Waals surface area contributed by atoms with Crippen molar-refractivity contribution < 1.29 is 14.1 Å². The van der Waals surface area contributed by atoms with E-state index in [0.717, 1.165) is 10.5 Å². The molecule has 3 amide bonds. The van der Waals surface area contributed by atoms with Gasteiger partial charge in [-0.15, -0.1) is 0 Å². The highest BCUT2D eigenvalue weighted by molar-refractivity contribution is 6.06. The molecule has 132 valence electrons. The minimum absolute atomic E-state index is 0.0137. The molecule has 1 aliphatic rings. The lowest BCUT2D eigenvalue weighted by atomic mass is 9.91. The molecule has 3 rings (SSSR count). The topological polar surface area (TPSA) is 88.3 Å². The van der Waals surface area contributed by atoms with Gasteiger partial charge in [-0.3, -0.25) is 9.69 Å². The summed E-state index contributed by atoms with van der Waals surface area (Å²) in [6, 6.07) is 9.36. The summed E-state index contributed by atoms with van der Waals surface area (Å²) >= 11 is 0. The molecule has 1 atom stereocenters. The first kappa shape index (κ1) is 17.1. The highest BCUT2D eigenvalue weighted by Crippen LogP contribution is 2.26. The van der Waals surface area contributed by atoms with Crippen LogP contribution in [0.15, 0.2) is 34.9 Å². The van der Waals surface area contributed by atoms with E-state index in [9.17, 15) is 9.59 Å². The van der Waals surface area contributed by atoms with Crippen molar-refractivity contribution in [3.63, 3.8) is 0 Å². The summed E-state index contributed by atoms with van der Waals surface area (Å²) in [6.45, 7) is 5.77. The SMILES string of the molecule is CC(C)CC1(C)NC(=O)N(Cc2nc(Cc3ccccc3)no2)C1=O. The van der Waals surface area contributed by atoms with Gasteiger partial charge in [0.2, 0.25) is 5.89 Å². The fraction of sp³-hybridized carbons (Fsp3) is 0.444. The zero-order chi connectivity index (χ0) is 18.0. The van der Waals surface area contributed by atoms with Crippen molar-refractivity contribution in [1.82, 2.24) is 20.4 Å². The fourth-order valence-electron chi connectivity index (χ4n) is 3.19. The molecule has 2 aromatic rings. The third-order valence-electron chi connectivity index (χ3n) is 4.17. The second-order valence-corrected chi connectivity index (χ2v) is 7.02. The highest BCUT2D eigenvalue weighted by atomic mass is 16.5. The Balaban J connectivity index is 1.68. The van der Waals surface area contributed by atoms with Crippen LogP contribution in [0.25, 0.3) is 0 Å². The molecular weight excluding hydrogens is 320 g/mol. The first-order valence-electron chi connectivity index (χ1n) is 8.37. The summed E-state index contributed by atoms with van der Waals surface area (Å²) in [4.78, 5) is 30.3. The summed E-state index contributed by atoms with van der Waals surface area (Å²) in [5, 5.41) is 6.71. The summed E-state index contributed by atoms with van der Waals surface area (Å²) in [5.74, 6) is 0.811. The lowest BCUT2D eigenvalue weighted by Crippen LogP contribution is -2.44. The fourth-order valence-corrected chi connectivity index (χ4v) is 3.19. The number of carbonyl (C=O) groups is 2. The van der Waals surface area contributed by atoms with E-state index in [1.165, 1.54) is 0 Å². The van der Waals surface area contributed by atoms with Crippen molar-refractivity contribution >= 4 is 11.9 Å². The standard InChI is InChI=1S/C18H22N4O3/c1-12(2)10-18(3)16(23)22(17(24)20-18)11-15-19-14(21-25-15)9-13-7-5-4-6-8-13/h4-8,12H,9-11H2,1-3H3,(H,20,24). The number of urea groups is 1. The predicted molar refractivity (Wildman–Crippen MR) is 90.5 cm³/mol. The van der Waals surface area contributed by atoms with E-state index >= 15 is 0 Å². The molecule has 7 heteroatoms. The quantitative estimate of drug-likeness (QED) is 0.815. The van der Waals surface area contributed by atoms with Gasteiger partial charge in [0.25, 0.3) is 5.91 Å². The van der Waals surface area contributed by atoms with E-state index in [0.29, 0.717) is 18.7 Å². The smallest absolute Gasteiger partial charge is 0.325 e. The summed E-state index contributed by atoms with van der Waals surface area (Å²) in [5.41, 5.74) is 0.187. The lowest BCUT2D eigenvalue weighted by Gasteiger charge is -2.23. The van der Waals surface area contributed by atoms with Crippen LogP contribution in [-0.2, 0) is 17.8 Å². The molecule has 1 aromatic carbocycles. The number of amides is 3. The number of hydrogen-bond acceptors (Lipinski definition) is 5. The van der Waals surface area contributed by atoms with Gasteiger partial charge in [0.05, 0.1) is 0 Å².